The fourth-order valence-corrected chi connectivity index (χ4v) is 2.59. The van der Waals surface area contributed by atoms with Gasteiger partial charge in [-0.1, -0.05) is 12.1 Å². The molecule has 1 aromatic heterocycles. The predicted molar refractivity (Wildman–Crippen MR) is 85.2 cm³/mol. The number of hydrogen-bond acceptors (Lipinski definition) is 3. The lowest BCUT2D eigenvalue weighted by molar-refractivity contribution is 0.414. The quantitative estimate of drug-likeness (QED) is 0.880. The number of nitrogens with zero attached hydrogens (tertiary/aromatic N) is 1. The number of likely N-dealkylation sites (N-methyl/N-ethyl adjacent to an activating group) is 1. The molecule has 0 amide bonds. The molecule has 4 heteroatoms. The lowest BCUT2D eigenvalue weighted by atomic mass is 10.00. The number of benzene rings is 1. The van der Waals surface area contributed by atoms with E-state index in [2.05, 4.69) is 44.4 Å². The van der Waals surface area contributed by atoms with Crippen molar-refractivity contribution < 1.29 is 4.74 Å². The van der Waals surface area contributed by atoms with Crippen molar-refractivity contribution in [3.63, 3.8) is 0 Å². The van der Waals surface area contributed by atoms with E-state index in [-0.39, 0.29) is 0 Å². The number of aromatic nitrogens is 1. The van der Waals surface area contributed by atoms with Gasteiger partial charge in [-0.3, -0.25) is 4.98 Å². The van der Waals surface area contributed by atoms with Gasteiger partial charge in [-0.2, -0.15) is 0 Å². The summed E-state index contributed by atoms with van der Waals surface area (Å²) in [6.07, 6.45) is 5.66. The summed E-state index contributed by atoms with van der Waals surface area (Å²) in [5, 5.41) is 3.37. The van der Waals surface area contributed by atoms with Gasteiger partial charge in [-0.05, 0) is 65.1 Å². The number of nitrogens with one attached hydrogen (secondary N) is 1. The van der Waals surface area contributed by atoms with Crippen LogP contribution in [0, 0.1) is 0 Å². The molecule has 106 valence electrons. The summed E-state index contributed by atoms with van der Waals surface area (Å²) in [5.74, 6) is 0.894. The van der Waals surface area contributed by atoms with Crippen molar-refractivity contribution in [1.29, 1.82) is 0 Å². The Morgan fingerprint density at radius 2 is 1.85 bits per heavy atom. The molecule has 2 aromatic rings. The van der Waals surface area contributed by atoms with Crippen molar-refractivity contribution in [2.24, 2.45) is 0 Å². The van der Waals surface area contributed by atoms with E-state index in [9.17, 15) is 0 Å². The third kappa shape index (κ3) is 4.32. The summed E-state index contributed by atoms with van der Waals surface area (Å²) in [6, 6.07) is 10.7. The molecule has 0 saturated carbocycles. The van der Waals surface area contributed by atoms with Gasteiger partial charge in [-0.25, -0.2) is 0 Å². The fourth-order valence-electron chi connectivity index (χ4n) is 2.17. The minimum atomic E-state index is 0.388. The molecule has 0 bridgehead atoms. The average Bonchev–Trinajstić information content (AvgIpc) is 2.47. The van der Waals surface area contributed by atoms with Crippen LogP contribution in [0.15, 0.2) is 47.2 Å². The van der Waals surface area contributed by atoms with Crippen molar-refractivity contribution in [2.45, 2.75) is 18.9 Å². The van der Waals surface area contributed by atoms with Crippen LogP contribution in [-0.4, -0.2) is 25.2 Å². The maximum absolute atomic E-state index is 5.18. The van der Waals surface area contributed by atoms with E-state index < -0.39 is 0 Å². The molecule has 0 fully saturated rings. The summed E-state index contributed by atoms with van der Waals surface area (Å²) < 4.78 is 6.20. The molecule has 1 aromatic carbocycles. The van der Waals surface area contributed by atoms with E-state index in [1.54, 1.807) is 13.3 Å². The Morgan fingerprint density at radius 3 is 2.45 bits per heavy atom. The summed E-state index contributed by atoms with van der Waals surface area (Å²) in [4.78, 5) is 4.21. The molecular formula is C16H19BrN2O. The first-order valence-electron chi connectivity index (χ1n) is 6.61. The first-order chi connectivity index (χ1) is 9.71. The van der Waals surface area contributed by atoms with E-state index >= 15 is 0 Å². The standard InChI is InChI=1S/C16H19BrN2O/c1-18-15(9-13-7-14(17)11-19-10-13)8-12-3-5-16(20-2)6-4-12/h3-7,10-11,15,18H,8-9H2,1-2H3. The first-order valence-corrected chi connectivity index (χ1v) is 7.40. The third-order valence-electron chi connectivity index (χ3n) is 3.29. The van der Waals surface area contributed by atoms with Gasteiger partial charge >= 0.3 is 0 Å². The molecule has 0 radical (unpaired) electrons. The molecule has 0 saturated heterocycles. The van der Waals surface area contributed by atoms with Crippen molar-refractivity contribution in [1.82, 2.24) is 10.3 Å². The van der Waals surface area contributed by atoms with Gasteiger partial charge in [0.1, 0.15) is 5.75 Å². The maximum atomic E-state index is 5.18. The summed E-state index contributed by atoms with van der Waals surface area (Å²) >= 11 is 3.46. The number of rotatable bonds is 6. The van der Waals surface area contributed by atoms with Crippen LogP contribution in [0.2, 0.25) is 0 Å². The van der Waals surface area contributed by atoms with Crippen LogP contribution >= 0.6 is 15.9 Å². The Kier molecular flexibility index (Phi) is 5.56. The van der Waals surface area contributed by atoms with Crippen LogP contribution in [0.3, 0.4) is 0 Å². The van der Waals surface area contributed by atoms with Gasteiger partial charge < -0.3 is 10.1 Å². The zero-order chi connectivity index (χ0) is 14.4. The Bertz CT molecular complexity index is 542. The first kappa shape index (κ1) is 15.0. The molecule has 0 aliphatic carbocycles. The minimum absolute atomic E-state index is 0.388. The van der Waals surface area contributed by atoms with E-state index in [4.69, 9.17) is 4.74 Å². The second-order valence-electron chi connectivity index (χ2n) is 4.75. The fraction of sp³-hybridized carbons (Fsp3) is 0.312. The number of pyridine rings is 1. The Balaban J connectivity index is 2.01. The monoisotopic (exact) mass is 334 g/mol. The average molecular weight is 335 g/mol. The van der Waals surface area contributed by atoms with E-state index in [0.29, 0.717) is 6.04 Å². The molecule has 1 atom stereocenters. The SMILES string of the molecule is CNC(Cc1ccc(OC)cc1)Cc1cncc(Br)c1. The van der Waals surface area contributed by atoms with Gasteiger partial charge in [0, 0.05) is 22.9 Å². The Labute approximate surface area is 128 Å². The highest BCUT2D eigenvalue weighted by Gasteiger charge is 2.09. The summed E-state index contributed by atoms with van der Waals surface area (Å²) in [7, 11) is 3.69. The number of hydrogen-bond donors (Lipinski definition) is 1. The molecule has 1 heterocycles. The highest BCUT2D eigenvalue weighted by molar-refractivity contribution is 9.10. The maximum Gasteiger partial charge on any atom is 0.118 e. The predicted octanol–water partition coefficient (Wildman–Crippen LogP) is 3.23. The second kappa shape index (κ2) is 7.41. The topological polar surface area (TPSA) is 34.1 Å². The molecule has 20 heavy (non-hydrogen) atoms. The molecule has 1 unspecified atom stereocenters. The van der Waals surface area contributed by atoms with Crippen LogP contribution in [0.4, 0.5) is 0 Å². The van der Waals surface area contributed by atoms with Crippen LogP contribution in [0.25, 0.3) is 0 Å². The van der Waals surface area contributed by atoms with Crippen LogP contribution in [-0.2, 0) is 12.8 Å². The van der Waals surface area contributed by atoms with E-state index in [0.717, 1.165) is 23.1 Å². The van der Waals surface area contributed by atoms with Gasteiger partial charge in [0.2, 0.25) is 0 Å². The zero-order valence-electron chi connectivity index (χ0n) is 11.8. The van der Waals surface area contributed by atoms with Crippen molar-refractivity contribution in [2.75, 3.05) is 14.2 Å². The lowest BCUT2D eigenvalue weighted by Gasteiger charge is -2.16. The van der Waals surface area contributed by atoms with Crippen LogP contribution in [0.5, 0.6) is 5.75 Å². The highest BCUT2D eigenvalue weighted by Crippen LogP contribution is 2.15. The van der Waals surface area contributed by atoms with Gasteiger partial charge in [0.05, 0.1) is 7.11 Å². The second-order valence-corrected chi connectivity index (χ2v) is 5.67. The summed E-state index contributed by atoms with van der Waals surface area (Å²) in [5.41, 5.74) is 2.53. The van der Waals surface area contributed by atoms with Gasteiger partial charge in [0.25, 0.3) is 0 Å². The Morgan fingerprint density at radius 1 is 1.15 bits per heavy atom. The van der Waals surface area contributed by atoms with E-state index in [1.165, 1.54) is 11.1 Å². The van der Waals surface area contributed by atoms with Gasteiger partial charge in [0.15, 0.2) is 0 Å². The number of halogens is 1. The van der Waals surface area contributed by atoms with Crippen LogP contribution in [0.1, 0.15) is 11.1 Å². The molecule has 0 spiro atoms. The molecule has 0 aliphatic heterocycles. The van der Waals surface area contributed by atoms with Crippen molar-refractivity contribution in [3.05, 3.63) is 58.3 Å². The van der Waals surface area contributed by atoms with Crippen molar-refractivity contribution >= 4 is 15.9 Å². The largest absolute Gasteiger partial charge is 0.497 e. The normalized spacial score (nSPS) is 12.2. The zero-order valence-corrected chi connectivity index (χ0v) is 13.4. The Hall–Kier alpha value is -1.39. The van der Waals surface area contributed by atoms with Crippen molar-refractivity contribution in [3.8, 4) is 5.75 Å². The third-order valence-corrected chi connectivity index (χ3v) is 3.73. The number of methoxy groups -OCH3 is 1. The highest BCUT2D eigenvalue weighted by atomic mass is 79.9. The summed E-state index contributed by atoms with van der Waals surface area (Å²) in [6.45, 7) is 0. The minimum Gasteiger partial charge on any atom is -0.497 e. The lowest BCUT2D eigenvalue weighted by Crippen LogP contribution is -2.29. The van der Waals surface area contributed by atoms with E-state index in [1.807, 2.05) is 25.4 Å². The smallest absolute Gasteiger partial charge is 0.118 e. The van der Waals surface area contributed by atoms with Gasteiger partial charge in [-0.15, -0.1) is 0 Å². The number of ether oxygens (including phenoxy) is 1. The molecule has 2 rings (SSSR count). The van der Waals surface area contributed by atoms with Crippen LogP contribution < -0.4 is 10.1 Å². The molecule has 1 N–H and O–H groups in total. The molecular weight excluding hydrogens is 316 g/mol. The molecule has 3 nitrogen and oxygen atoms in total. The molecule has 0 aliphatic rings.